The molecular weight excluding hydrogens is 290 g/mol. The van der Waals surface area contributed by atoms with Gasteiger partial charge in [-0.1, -0.05) is 26.2 Å². The highest BCUT2D eigenvalue weighted by Gasteiger charge is 2.39. The van der Waals surface area contributed by atoms with Crippen molar-refractivity contribution in [1.29, 1.82) is 0 Å². The van der Waals surface area contributed by atoms with Crippen molar-refractivity contribution in [2.24, 2.45) is 5.41 Å². The van der Waals surface area contributed by atoms with Crippen molar-refractivity contribution in [2.75, 3.05) is 19.7 Å². The quantitative estimate of drug-likeness (QED) is 0.743. The molecule has 1 saturated heterocycles. The maximum absolute atomic E-state index is 12.3. The molecule has 0 aromatic heterocycles. The van der Waals surface area contributed by atoms with Gasteiger partial charge in [0.1, 0.15) is 0 Å². The van der Waals surface area contributed by atoms with Crippen LogP contribution >= 0.6 is 0 Å². The van der Waals surface area contributed by atoms with Gasteiger partial charge in [0, 0.05) is 36.6 Å². The van der Waals surface area contributed by atoms with E-state index in [1.807, 2.05) is 0 Å². The second kappa shape index (κ2) is 7.39. The fraction of sp³-hybridized carbons (Fsp3) is 0.944. The van der Waals surface area contributed by atoms with E-state index in [2.05, 4.69) is 22.5 Å². The number of urea groups is 1. The van der Waals surface area contributed by atoms with Gasteiger partial charge in [0.2, 0.25) is 0 Å². The number of carbonyl (C=O) groups is 1. The monoisotopic (exact) mass is 323 g/mol. The van der Waals surface area contributed by atoms with Gasteiger partial charge >= 0.3 is 6.03 Å². The highest BCUT2D eigenvalue weighted by atomic mass is 16.3. The van der Waals surface area contributed by atoms with Gasteiger partial charge < -0.3 is 20.6 Å². The zero-order valence-corrected chi connectivity index (χ0v) is 14.5. The Kier molecular flexibility index (Phi) is 5.47. The molecule has 0 spiro atoms. The van der Waals surface area contributed by atoms with Crippen LogP contribution in [0.5, 0.6) is 0 Å². The second-order valence-electron chi connectivity index (χ2n) is 8.12. The van der Waals surface area contributed by atoms with E-state index in [4.69, 9.17) is 0 Å². The number of nitrogens with one attached hydrogen (secondary N) is 2. The molecule has 0 bridgehead atoms. The Labute approximate surface area is 140 Å². The van der Waals surface area contributed by atoms with Crippen LogP contribution in [0.4, 0.5) is 4.79 Å². The summed E-state index contributed by atoms with van der Waals surface area (Å²) in [5, 5.41) is 15.9. The normalized spacial score (nSPS) is 33.9. The van der Waals surface area contributed by atoms with Crippen LogP contribution < -0.4 is 10.6 Å². The Morgan fingerprint density at radius 2 is 1.78 bits per heavy atom. The van der Waals surface area contributed by atoms with Gasteiger partial charge in [0.15, 0.2) is 0 Å². The summed E-state index contributed by atoms with van der Waals surface area (Å²) in [6.07, 6.45) is 10.7. The molecule has 5 nitrogen and oxygen atoms in total. The molecule has 3 fully saturated rings. The molecule has 2 saturated carbocycles. The Bertz CT molecular complexity index is 403. The molecular formula is C18H33N3O2. The van der Waals surface area contributed by atoms with Crippen molar-refractivity contribution in [3.8, 4) is 0 Å². The van der Waals surface area contributed by atoms with E-state index >= 15 is 0 Å². The highest BCUT2D eigenvalue weighted by Crippen LogP contribution is 2.37. The number of rotatable bonds is 4. The van der Waals surface area contributed by atoms with E-state index in [-0.39, 0.29) is 24.1 Å². The lowest BCUT2D eigenvalue weighted by molar-refractivity contribution is 0.118. The van der Waals surface area contributed by atoms with Gasteiger partial charge in [-0.05, 0) is 38.5 Å². The molecule has 132 valence electrons. The molecule has 3 aliphatic rings. The molecule has 1 aliphatic heterocycles. The highest BCUT2D eigenvalue weighted by molar-refractivity contribution is 5.74. The lowest BCUT2D eigenvalue weighted by atomic mass is 9.86. The van der Waals surface area contributed by atoms with Gasteiger partial charge in [-0.15, -0.1) is 0 Å². The molecule has 0 aromatic rings. The number of hydrogen-bond acceptors (Lipinski definition) is 3. The topological polar surface area (TPSA) is 64.6 Å². The van der Waals surface area contributed by atoms with E-state index in [0.29, 0.717) is 6.04 Å². The maximum Gasteiger partial charge on any atom is 0.315 e. The zero-order chi connectivity index (χ0) is 16.3. The van der Waals surface area contributed by atoms with Gasteiger partial charge in [-0.3, -0.25) is 0 Å². The first-order valence-electron chi connectivity index (χ1n) is 9.53. The zero-order valence-electron chi connectivity index (χ0n) is 14.5. The third-order valence-electron chi connectivity index (χ3n) is 6.45. The molecule has 0 radical (unpaired) electrons. The van der Waals surface area contributed by atoms with E-state index < -0.39 is 0 Å². The fourth-order valence-corrected chi connectivity index (χ4v) is 4.73. The minimum absolute atomic E-state index is 0.0455. The van der Waals surface area contributed by atoms with Crippen LogP contribution in [-0.2, 0) is 0 Å². The van der Waals surface area contributed by atoms with Crippen LogP contribution in [0.2, 0.25) is 0 Å². The third kappa shape index (κ3) is 4.00. The van der Waals surface area contributed by atoms with E-state index in [1.54, 1.807) is 0 Å². The Hall–Kier alpha value is -0.810. The van der Waals surface area contributed by atoms with Crippen LogP contribution in [0.3, 0.4) is 0 Å². The molecule has 23 heavy (non-hydrogen) atoms. The number of amides is 2. The molecule has 0 aromatic carbocycles. The van der Waals surface area contributed by atoms with Gasteiger partial charge in [0.05, 0.1) is 6.61 Å². The SMILES string of the molecule is CC1(CO)CCCC1NC(=O)NC1CCN(C2CCCC2)CC1. The number of piperidine rings is 1. The summed E-state index contributed by atoms with van der Waals surface area (Å²) in [7, 11) is 0. The average Bonchev–Trinajstić information content (AvgIpc) is 3.19. The summed E-state index contributed by atoms with van der Waals surface area (Å²) < 4.78 is 0. The smallest absolute Gasteiger partial charge is 0.315 e. The van der Waals surface area contributed by atoms with Crippen LogP contribution in [-0.4, -0.2) is 53.9 Å². The van der Waals surface area contributed by atoms with Crippen LogP contribution in [0.15, 0.2) is 0 Å². The summed E-state index contributed by atoms with van der Waals surface area (Å²) in [5.74, 6) is 0. The molecule has 3 N–H and O–H groups in total. The first-order chi connectivity index (χ1) is 11.1. The second-order valence-corrected chi connectivity index (χ2v) is 8.12. The fourth-order valence-electron chi connectivity index (χ4n) is 4.73. The van der Waals surface area contributed by atoms with E-state index in [1.165, 1.54) is 25.7 Å². The molecule has 1 heterocycles. The lowest BCUT2D eigenvalue weighted by Crippen LogP contribution is -2.53. The van der Waals surface area contributed by atoms with Gasteiger partial charge in [0.25, 0.3) is 0 Å². The molecule has 2 atom stereocenters. The molecule has 5 heteroatoms. The Balaban J connectivity index is 1.41. The number of hydrogen-bond donors (Lipinski definition) is 3. The van der Waals surface area contributed by atoms with Crippen LogP contribution in [0.1, 0.15) is 64.7 Å². The van der Waals surface area contributed by atoms with Crippen LogP contribution in [0.25, 0.3) is 0 Å². The van der Waals surface area contributed by atoms with Crippen molar-refractivity contribution >= 4 is 6.03 Å². The average molecular weight is 323 g/mol. The number of aliphatic hydroxyl groups is 1. The summed E-state index contributed by atoms with van der Waals surface area (Å²) in [5.41, 5.74) is -0.150. The number of carbonyl (C=O) groups excluding carboxylic acids is 1. The van der Waals surface area contributed by atoms with E-state index in [9.17, 15) is 9.90 Å². The Morgan fingerprint density at radius 1 is 1.09 bits per heavy atom. The molecule has 3 rings (SSSR count). The predicted octanol–water partition coefficient (Wildman–Crippen LogP) is 2.24. The molecule has 2 unspecified atom stereocenters. The summed E-state index contributed by atoms with van der Waals surface area (Å²) in [4.78, 5) is 14.9. The summed E-state index contributed by atoms with van der Waals surface area (Å²) in [6, 6.07) is 1.16. The molecule has 2 amide bonds. The summed E-state index contributed by atoms with van der Waals surface area (Å²) >= 11 is 0. The van der Waals surface area contributed by atoms with Gasteiger partial charge in [-0.2, -0.15) is 0 Å². The predicted molar refractivity (Wildman–Crippen MR) is 91.4 cm³/mol. The first-order valence-corrected chi connectivity index (χ1v) is 9.53. The van der Waals surface area contributed by atoms with Crippen LogP contribution in [0, 0.1) is 5.41 Å². The van der Waals surface area contributed by atoms with Crippen molar-refractivity contribution < 1.29 is 9.90 Å². The minimum Gasteiger partial charge on any atom is -0.396 e. The lowest BCUT2D eigenvalue weighted by Gasteiger charge is -2.36. The first kappa shape index (κ1) is 17.0. The summed E-state index contributed by atoms with van der Waals surface area (Å²) in [6.45, 7) is 4.46. The standard InChI is InChI=1S/C18H33N3O2/c1-18(13-22)10-4-7-16(18)20-17(23)19-14-8-11-21(12-9-14)15-5-2-3-6-15/h14-16,22H,2-13H2,1H3,(H2,19,20,23). The van der Waals surface area contributed by atoms with Crippen molar-refractivity contribution in [3.63, 3.8) is 0 Å². The maximum atomic E-state index is 12.3. The van der Waals surface area contributed by atoms with Gasteiger partial charge in [-0.25, -0.2) is 4.79 Å². The van der Waals surface area contributed by atoms with Crippen molar-refractivity contribution in [1.82, 2.24) is 15.5 Å². The Morgan fingerprint density at radius 3 is 2.43 bits per heavy atom. The van der Waals surface area contributed by atoms with Crippen molar-refractivity contribution in [3.05, 3.63) is 0 Å². The third-order valence-corrected chi connectivity index (χ3v) is 6.45. The number of nitrogens with zero attached hydrogens (tertiary/aromatic N) is 1. The minimum atomic E-state index is -0.150. The number of likely N-dealkylation sites (tertiary alicyclic amines) is 1. The largest absolute Gasteiger partial charge is 0.396 e. The molecule has 2 aliphatic carbocycles. The number of aliphatic hydroxyl groups excluding tert-OH is 1. The van der Waals surface area contributed by atoms with E-state index in [0.717, 1.165) is 51.2 Å². The van der Waals surface area contributed by atoms with Crippen molar-refractivity contribution in [2.45, 2.75) is 82.8 Å².